The summed E-state index contributed by atoms with van der Waals surface area (Å²) in [5, 5.41) is 18.3. The van der Waals surface area contributed by atoms with Crippen LogP contribution >= 0.6 is 0 Å². The lowest BCUT2D eigenvalue weighted by Crippen LogP contribution is -2.64. The Balaban J connectivity index is 1.05. The summed E-state index contributed by atoms with van der Waals surface area (Å²) >= 11 is 0. The number of rotatable bonds is 6. The molecule has 0 radical (unpaired) electrons. The minimum absolute atomic E-state index is 0.00470. The van der Waals surface area contributed by atoms with Crippen molar-refractivity contribution < 1.29 is 23.8 Å². The van der Waals surface area contributed by atoms with Gasteiger partial charge in [-0.15, -0.1) is 5.10 Å². The van der Waals surface area contributed by atoms with Crippen LogP contribution < -0.4 is 10.9 Å². The quantitative estimate of drug-likeness (QED) is 0.307. The highest BCUT2D eigenvalue weighted by atomic mass is 19.1. The number of aryl methyl sites for hydroxylation is 1. The second kappa shape index (κ2) is 11.0. The lowest BCUT2D eigenvalue weighted by molar-refractivity contribution is -0.116. The van der Waals surface area contributed by atoms with Gasteiger partial charge >= 0.3 is 0 Å². The zero-order valence-electron chi connectivity index (χ0n) is 28.1. The third kappa shape index (κ3) is 4.50. The fraction of sp³-hybridized carbons (Fsp3) is 0.486. The van der Waals surface area contributed by atoms with E-state index in [1.807, 2.05) is 15.5 Å². The van der Waals surface area contributed by atoms with E-state index in [1.165, 1.54) is 16.9 Å². The minimum Gasteiger partial charge on any atom is -0.504 e. The second-order valence-corrected chi connectivity index (χ2v) is 15.1. The molecule has 3 saturated carbocycles. The summed E-state index contributed by atoms with van der Waals surface area (Å²) in [5.41, 5.74) is 3.10. The molecule has 2 N–H and O–H groups in total. The molecule has 1 spiro atoms. The van der Waals surface area contributed by atoms with Gasteiger partial charge in [-0.1, -0.05) is 12.1 Å². The predicted octanol–water partition coefficient (Wildman–Crippen LogP) is 3.83. The Hall–Kier alpha value is -4.98. The number of carbonyl (C=O) groups is 2. The van der Waals surface area contributed by atoms with Crippen LogP contribution in [0.3, 0.4) is 0 Å². The van der Waals surface area contributed by atoms with Crippen LogP contribution in [0, 0.1) is 24.6 Å². The van der Waals surface area contributed by atoms with Crippen molar-refractivity contribution in [3.05, 3.63) is 80.8 Å². The highest BCUT2D eigenvalue weighted by molar-refractivity contribution is 5.95. The number of likely N-dealkylation sites (tertiary alicyclic amines) is 1. The maximum absolute atomic E-state index is 14.9. The number of aromatic hydroxyl groups is 1. The largest absolute Gasteiger partial charge is 0.504 e. The van der Waals surface area contributed by atoms with Gasteiger partial charge in [-0.3, -0.25) is 14.4 Å². The number of aromatic nitrogens is 6. The number of nitrogens with one attached hydrogen (secondary N) is 1. The molecule has 13 nitrogen and oxygen atoms in total. The molecule has 14 heteroatoms. The van der Waals surface area contributed by atoms with Crippen LogP contribution in [-0.4, -0.2) is 76.8 Å². The molecule has 51 heavy (non-hydrogen) atoms. The molecule has 1 aromatic carbocycles. The average molecular weight is 693 g/mol. The Morgan fingerprint density at radius 1 is 1.16 bits per heavy atom. The van der Waals surface area contributed by atoms with Crippen molar-refractivity contribution in [3.8, 4) is 5.75 Å². The maximum atomic E-state index is 14.9. The number of anilines is 1. The van der Waals surface area contributed by atoms with Gasteiger partial charge in [0.2, 0.25) is 11.7 Å². The van der Waals surface area contributed by atoms with Gasteiger partial charge in [0.1, 0.15) is 18.7 Å². The number of ether oxygens (including phenoxy) is 1. The smallest absolute Gasteiger partial charge is 0.279 e. The van der Waals surface area contributed by atoms with Gasteiger partial charge < -0.3 is 24.6 Å². The van der Waals surface area contributed by atoms with E-state index in [9.17, 15) is 23.9 Å². The highest BCUT2D eigenvalue weighted by Crippen LogP contribution is 2.72. The van der Waals surface area contributed by atoms with E-state index in [0.29, 0.717) is 66.7 Å². The molecule has 2 amide bonds. The van der Waals surface area contributed by atoms with Gasteiger partial charge in [0, 0.05) is 40.9 Å². The van der Waals surface area contributed by atoms with Crippen molar-refractivity contribution in [2.24, 2.45) is 11.8 Å². The highest BCUT2D eigenvalue weighted by Gasteiger charge is 2.70. The third-order valence-corrected chi connectivity index (χ3v) is 12.4. The fourth-order valence-electron chi connectivity index (χ4n) is 9.74. The van der Waals surface area contributed by atoms with Crippen molar-refractivity contribution in [3.63, 3.8) is 0 Å². The first-order chi connectivity index (χ1) is 24.7. The molecule has 1 saturated heterocycles. The lowest BCUT2D eigenvalue weighted by Gasteiger charge is -2.58. The average Bonchev–Trinajstić information content (AvgIpc) is 4.04. The Labute approximate surface area is 291 Å². The van der Waals surface area contributed by atoms with E-state index in [2.05, 4.69) is 15.3 Å². The maximum Gasteiger partial charge on any atom is 0.279 e. The van der Waals surface area contributed by atoms with Crippen molar-refractivity contribution in [1.29, 1.82) is 0 Å². The van der Waals surface area contributed by atoms with E-state index < -0.39 is 5.41 Å². The molecule has 4 fully saturated rings. The Bertz CT molecular complexity index is 2280. The van der Waals surface area contributed by atoms with E-state index in [4.69, 9.17) is 14.8 Å². The van der Waals surface area contributed by atoms with Gasteiger partial charge in [0.25, 0.3) is 11.5 Å². The number of nitrogens with zero attached hydrogens (tertiary/aromatic N) is 7. The Morgan fingerprint density at radius 3 is 2.76 bits per heavy atom. The number of piperidine rings is 1. The summed E-state index contributed by atoms with van der Waals surface area (Å²) in [6.45, 7) is 2.88. The van der Waals surface area contributed by atoms with Gasteiger partial charge in [0.05, 0.1) is 18.9 Å². The van der Waals surface area contributed by atoms with Crippen LogP contribution in [0.2, 0.25) is 0 Å². The van der Waals surface area contributed by atoms with Crippen LogP contribution in [0.15, 0.2) is 35.4 Å². The monoisotopic (exact) mass is 692 g/mol. The van der Waals surface area contributed by atoms with Crippen molar-refractivity contribution >= 4 is 28.9 Å². The number of hydrogen-bond donors (Lipinski definition) is 2. The van der Waals surface area contributed by atoms with Crippen molar-refractivity contribution in [2.75, 3.05) is 25.1 Å². The Morgan fingerprint density at radius 2 is 2.02 bits per heavy atom. The molecule has 4 aromatic rings. The topological polar surface area (TPSA) is 157 Å². The molecule has 4 aliphatic carbocycles. The first-order valence-corrected chi connectivity index (χ1v) is 18.0. The molecule has 0 unspecified atom stereocenters. The molecule has 3 aromatic heterocycles. The molecular formula is C37H37FN8O5. The summed E-state index contributed by atoms with van der Waals surface area (Å²) in [7, 11) is 0. The molecule has 5 atom stereocenters. The van der Waals surface area contributed by atoms with Gasteiger partial charge in [-0.2, -0.15) is 9.50 Å². The molecule has 2 aliphatic heterocycles. The summed E-state index contributed by atoms with van der Waals surface area (Å²) in [5.74, 6) is 0.0846. The van der Waals surface area contributed by atoms with Crippen molar-refractivity contribution in [2.45, 2.75) is 81.7 Å². The Kier molecular flexibility index (Phi) is 6.65. The summed E-state index contributed by atoms with van der Waals surface area (Å²) in [6, 6.07) is 4.76. The van der Waals surface area contributed by atoms with Crippen LogP contribution in [0.5, 0.6) is 5.75 Å². The third-order valence-electron chi connectivity index (χ3n) is 12.4. The van der Waals surface area contributed by atoms with Crippen LogP contribution in [0.4, 0.5) is 10.1 Å². The lowest BCUT2D eigenvalue weighted by atomic mass is 9.54. The minimum atomic E-state index is -0.487. The van der Waals surface area contributed by atoms with E-state index >= 15 is 0 Å². The number of hydrogen-bond acceptors (Lipinski definition) is 9. The second-order valence-electron chi connectivity index (χ2n) is 15.1. The first-order valence-electron chi connectivity index (χ1n) is 18.0. The fourth-order valence-corrected chi connectivity index (χ4v) is 9.74. The van der Waals surface area contributed by atoms with E-state index in [-0.39, 0.29) is 70.9 Å². The summed E-state index contributed by atoms with van der Waals surface area (Å²) < 4.78 is 23.6. The van der Waals surface area contributed by atoms with Crippen molar-refractivity contribution in [1.82, 2.24) is 34.0 Å². The number of carbonyl (C=O) groups excluding carboxylic acids is 2. The summed E-state index contributed by atoms with van der Waals surface area (Å²) in [4.78, 5) is 57.2. The molecule has 262 valence electrons. The standard InChI is InChI=1S/C37H37FN8O5/c1-18-32(48)30(40-17-39-18)35(50)44-11-10-37(24-6-7-27(24)44)25-15-23(25)31-29(37)34(49)46-36(42-33(43-46)20-8-12-51-13-9-20)45(31)16-28(47)41-21-4-5-22(19-2-3-19)26(38)14-21/h4-5,8,14,17,19,23-25,27,48H,2-3,6-7,9-13,15-16H2,1H3,(H,41,47)/t23-,24+,25+,27-,37-/m0/s1. The molecule has 6 aliphatic rings. The van der Waals surface area contributed by atoms with Crippen LogP contribution in [-0.2, 0) is 21.5 Å². The number of amides is 2. The number of benzene rings is 1. The van der Waals surface area contributed by atoms with Crippen LogP contribution in [0.25, 0.3) is 11.4 Å². The molecule has 10 rings (SSSR count). The zero-order valence-corrected chi connectivity index (χ0v) is 28.1. The number of halogens is 1. The normalized spacial score (nSPS) is 27.4. The zero-order chi connectivity index (χ0) is 34.8. The van der Waals surface area contributed by atoms with E-state index in [0.717, 1.165) is 43.4 Å². The van der Waals surface area contributed by atoms with Gasteiger partial charge in [-0.05, 0) is 92.9 Å². The molecule has 5 heterocycles. The number of fused-ring (bicyclic) bond motifs is 8. The SMILES string of the molecule is Cc1ncnc(C(=O)N2CC[C@]3(c4c(n(CC(=O)Nc5ccc(C6CC6)c(F)c5)c5nc(C6=CCOCC6)nn5c4=O)[C@H]4C[C@H]43)[C@@H]3CC[C@@H]32)c1O. The predicted molar refractivity (Wildman–Crippen MR) is 181 cm³/mol. The first kappa shape index (κ1) is 30.8. The van der Waals surface area contributed by atoms with E-state index in [1.54, 1.807) is 19.1 Å². The summed E-state index contributed by atoms with van der Waals surface area (Å²) in [6.07, 6.45) is 8.87. The van der Waals surface area contributed by atoms with Gasteiger partial charge in [0.15, 0.2) is 17.3 Å². The molecular weight excluding hydrogens is 655 g/mol. The van der Waals surface area contributed by atoms with Gasteiger partial charge in [-0.25, -0.2) is 14.4 Å². The molecule has 0 bridgehead atoms. The van der Waals surface area contributed by atoms with Crippen LogP contribution in [0.1, 0.15) is 95.6 Å².